The second-order valence-corrected chi connectivity index (χ2v) is 4.26. The van der Waals surface area contributed by atoms with Gasteiger partial charge in [0.2, 0.25) is 0 Å². The highest BCUT2D eigenvalue weighted by atomic mass is 16.7. The van der Waals surface area contributed by atoms with E-state index in [-0.39, 0.29) is 6.61 Å². The van der Waals surface area contributed by atoms with E-state index in [9.17, 15) is 10.2 Å². The fourth-order valence-electron chi connectivity index (χ4n) is 1.42. The van der Waals surface area contributed by atoms with Gasteiger partial charge in [-0.1, -0.05) is 13.8 Å². The third-order valence-corrected chi connectivity index (χ3v) is 2.48. The van der Waals surface area contributed by atoms with Gasteiger partial charge in [0.1, 0.15) is 18.3 Å². The van der Waals surface area contributed by atoms with Crippen molar-refractivity contribution in [2.24, 2.45) is 5.92 Å². The van der Waals surface area contributed by atoms with Crippen molar-refractivity contribution in [2.75, 3.05) is 13.2 Å². The van der Waals surface area contributed by atoms with Crippen molar-refractivity contribution in [2.45, 2.75) is 44.9 Å². The zero-order chi connectivity index (χ0) is 11.4. The SMILES string of the molecule is CC(C)CCOC1O[C@H](CO)[C@@H](O)[C@@H]1O. The lowest BCUT2D eigenvalue weighted by Crippen LogP contribution is -2.34. The molecular weight excluding hydrogens is 200 g/mol. The number of rotatable bonds is 5. The molecule has 0 aromatic carbocycles. The molecular formula is C10H20O5. The third-order valence-electron chi connectivity index (χ3n) is 2.48. The normalized spacial score (nSPS) is 36.4. The number of ether oxygens (including phenoxy) is 2. The van der Waals surface area contributed by atoms with E-state index in [2.05, 4.69) is 13.8 Å². The van der Waals surface area contributed by atoms with E-state index in [1.807, 2.05) is 0 Å². The molecule has 1 aliphatic heterocycles. The molecule has 1 rings (SSSR count). The van der Waals surface area contributed by atoms with Crippen LogP contribution in [0.2, 0.25) is 0 Å². The first kappa shape index (κ1) is 12.9. The summed E-state index contributed by atoms with van der Waals surface area (Å²) in [5.74, 6) is 0.516. The number of hydrogen-bond donors (Lipinski definition) is 3. The Morgan fingerprint density at radius 3 is 2.40 bits per heavy atom. The molecule has 0 aromatic heterocycles. The Balaban J connectivity index is 2.31. The monoisotopic (exact) mass is 220 g/mol. The van der Waals surface area contributed by atoms with Crippen LogP contribution in [0.25, 0.3) is 0 Å². The lowest BCUT2D eigenvalue weighted by molar-refractivity contribution is -0.170. The van der Waals surface area contributed by atoms with Crippen LogP contribution < -0.4 is 0 Å². The van der Waals surface area contributed by atoms with Crippen molar-refractivity contribution in [1.29, 1.82) is 0 Å². The highest BCUT2D eigenvalue weighted by Crippen LogP contribution is 2.22. The van der Waals surface area contributed by atoms with Gasteiger partial charge in [-0.3, -0.25) is 0 Å². The summed E-state index contributed by atoms with van der Waals surface area (Å²) >= 11 is 0. The largest absolute Gasteiger partial charge is 0.394 e. The summed E-state index contributed by atoms with van der Waals surface area (Å²) < 4.78 is 10.4. The summed E-state index contributed by atoms with van der Waals surface area (Å²) in [5.41, 5.74) is 0. The van der Waals surface area contributed by atoms with Gasteiger partial charge >= 0.3 is 0 Å². The molecule has 0 spiro atoms. The van der Waals surface area contributed by atoms with E-state index in [1.165, 1.54) is 0 Å². The first-order valence-corrected chi connectivity index (χ1v) is 5.30. The van der Waals surface area contributed by atoms with Crippen molar-refractivity contribution in [3.05, 3.63) is 0 Å². The molecule has 1 fully saturated rings. The molecule has 1 heterocycles. The predicted octanol–water partition coefficient (Wildman–Crippen LogP) is -0.512. The Bertz CT molecular complexity index is 185. The van der Waals surface area contributed by atoms with Crippen LogP contribution in [0.15, 0.2) is 0 Å². The minimum absolute atomic E-state index is 0.317. The van der Waals surface area contributed by atoms with Crippen molar-refractivity contribution < 1.29 is 24.8 Å². The first-order valence-electron chi connectivity index (χ1n) is 5.30. The lowest BCUT2D eigenvalue weighted by atomic mass is 10.1. The van der Waals surface area contributed by atoms with Gasteiger partial charge in [0.15, 0.2) is 6.29 Å². The summed E-state index contributed by atoms with van der Waals surface area (Å²) in [6, 6.07) is 0. The van der Waals surface area contributed by atoms with Crippen LogP contribution >= 0.6 is 0 Å². The van der Waals surface area contributed by atoms with E-state index in [1.54, 1.807) is 0 Å². The molecule has 15 heavy (non-hydrogen) atoms. The van der Waals surface area contributed by atoms with E-state index < -0.39 is 24.6 Å². The Morgan fingerprint density at radius 2 is 1.93 bits per heavy atom. The second-order valence-electron chi connectivity index (χ2n) is 4.26. The molecule has 90 valence electrons. The first-order chi connectivity index (χ1) is 7.06. The summed E-state index contributed by atoms with van der Waals surface area (Å²) in [6.45, 7) is 4.30. The van der Waals surface area contributed by atoms with Gasteiger partial charge < -0.3 is 24.8 Å². The maximum atomic E-state index is 9.51. The van der Waals surface area contributed by atoms with Crippen LogP contribution in [0.4, 0.5) is 0 Å². The van der Waals surface area contributed by atoms with Gasteiger partial charge in [0.05, 0.1) is 13.2 Å². The molecule has 3 N–H and O–H groups in total. The highest BCUT2D eigenvalue weighted by molar-refractivity contribution is 4.86. The molecule has 0 amide bonds. The average molecular weight is 220 g/mol. The lowest BCUT2D eigenvalue weighted by Gasteiger charge is -2.16. The number of hydrogen-bond acceptors (Lipinski definition) is 5. The fraction of sp³-hybridized carbons (Fsp3) is 1.00. The van der Waals surface area contributed by atoms with Crippen LogP contribution in [0.3, 0.4) is 0 Å². The Hall–Kier alpha value is -0.200. The topological polar surface area (TPSA) is 79.2 Å². The minimum Gasteiger partial charge on any atom is -0.394 e. The average Bonchev–Trinajstić information content (AvgIpc) is 2.45. The molecule has 0 radical (unpaired) electrons. The number of aliphatic hydroxyl groups excluding tert-OH is 3. The molecule has 5 nitrogen and oxygen atoms in total. The summed E-state index contributed by atoms with van der Waals surface area (Å²) in [4.78, 5) is 0. The summed E-state index contributed by atoms with van der Waals surface area (Å²) in [6.07, 6.45) is -2.85. The van der Waals surface area contributed by atoms with Crippen LogP contribution in [0.5, 0.6) is 0 Å². The van der Waals surface area contributed by atoms with E-state index >= 15 is 0 Å². The van der Waals surface area contributed by atoms with Gasteiger partial charge in [-0.05, 0) is 12.3 Å². The maximum Gasteiger partial charge on any atom is 0.186 e. The Kier molecular flexibility index (Phi) is 4.95. The van der Waals surface area contributed by atoms with E-state index in [0.717, 1.165) is 6.42 Å². The second kappa shape index (κ2) is 5.77. The van der Waals surface area contributed by atoms with Gasteiger partial charge in [0, 0.05) is 0 Å². The molecule has 0 bridgehead atoms. The summed E-state index contributed by atoms with van der Waals surface area (Å²) in [7, 11) is 0. The molecule has 1 unspecified atom stereocenters. The fourth-order valence-corrected chi connectivity index (χ4v) is 1.42. The highest BCUT2D eigenvalue weighted by Gasteiger charge is 2.42. The Labute approximate surface area is 89.6 Å². The Morgan fingerprint density at radius 1 is 1.27 bits per heavy atom. The quantitative estimate of drug-likeness (QED) is 0.581. The minimum atomic E-state index is -1.07. The van der Waals surface area contributed by atoms with Crippen molar-refractivity contribution in [3.8, 4) is 0 Å². The molecule has 1 aliphatic rings. The van der Waals surface area contributed by atoms with Crippen molar-refractivity contribution in [1.82, 2.24) is 0 Å². The standard InChI is InChI=1S/C10H20O5/c1-6(2)3-4-14-10-9(13)8(12)7(5-11)15-10/h6-13H,3-5H2,1-2H3/t7-,8-,9+,10?/m1/s1. The zero-order valence-corrected chi connectivity index (χ0v) is 9.17. The predicted molar refractivity (Wildman–Crippen MR) is 53.2 cm³/mol. The van der Waals surface area contributed by atoms with Crippen LogP contribution in [-0.2, 0) is 9.47 Å². The van der Waals surface area contributed by atoms with Gasteiger partial charge in [-0.15, -0.1) is 0 Å². The van der Waals surface area contributed by atoms with Crippen molar-refractivity contribution in [3.63, 3.8) is 0 Å². The number of aliphatic hydroxyl groups is 3. The molecule has 5 heteroatoms. The molecule has 4 atom stereocenters. The van der Waals surface area contributed by atoms with Gasteiger partial charge in [-0.2, -0.15) is 0 Å². The molecule has 0 aliphatic carbocycles. The van der Waals surface area contributed by atoms with Gasteiger partial charge in [0.25, 0.3) is 0 Å². The van der Waals surface area contributed by atoms with Gasteiger partial charge in [-0.25, -0.2) is 0 Å². The van der Waals surface area contributed by atoms with Crippen LogP contribution in [-0.4, -0.2) is 53.1 Å². The van der Waals surface area contributed by atoms with E-state index in [0.29, 0.717) is 12.5 Å². The summed E-state index contributed by atoms with van der Waals surface area (Å²) in [5, 5.41) is 27.8. The molecule has 1 saturated heterocycles. The maximum absolute atomic E-state index is 9.51. The smallest absolute Gasteiger partial charge is 0.186 e. The van der Waals surface area contributed by atoms with Crippen LogP contribution in [0, 0.1) is 5.92 Å². The third kappa shape index (κ3) is 3.39. The van der Waals surface area contributed by atoms with E-state index in [4.69, 9.17) is 14.6 Å². The zero-order valence-electron chi connectivity index (χ0n) is 9.17. The molecule has 0 aromatic rings. The van der Waals surface area contributed by atoms with Crippen molar-refractivity contribution >= 4 is 0 Å². The molecule has 0 saturated carbocycles. The van der Waals surface area contributed by atoms with Crippen LogP contribution in [0.1, 0.15) is 20.3 Å².